The second-order valence-corrected chi connectivity index (χ2v) is 6.99. The van der Waals surface area contributed by atoms with Gasteiger partial charge in [0.15, 0.2) is 0 Å². The minimum absolute atomic E-state index is 0.138. The fraction of sp³-hybridized carbons (Fsp3) is 0.350. The molecule has 2 unspecified atom stereocenters. The SMILES string of the molecule is Cc1cc(C)cc(C(c2ccccc2Cl)N2CCCC2C(=O)O)c1. The van der Waals surface area contributed by atoms with Gasteiger partial charge in [-0.3, -0.25) is 9.69 Å². The smallest absolute Gasteiger partial charge is 0.320 e. The van der Waals surface area contributed by atoms with Gasteiger partial charge >= 0.3 is 5.97 Å². The average Bonchev–Trinajstić information content (AvgIpc) is 2.98. The van der Waals surface area contributed by atoms with Crippen molar-refractivity contribution in [2.75, 3.05) is 6.54 Å². The summed E-state index contributed by atoms with van der Waals surface area (Å²) in [5, 5.41) is 10.3. The van der Waals surface area contributed by atoms with Crippen molar-refractivity contribution in [3.63, 3.8) is 0 Å². The Bertz CT molecular complexity index is 739. The van der Waals surface area contributed by atoms with Crippen molar-refractivity contribution in [2.45, 2.75) is 38.8 Å². The molecule has 2 atom stereocenters. The molecule has 3 nitrogen and oxygen atoms in total. The first-order valence-corrected chi connectivity index (χ1v) is 8.66. The minimum Gasteiger partial charge on any atom is -0.480 e. The Morgan fingerprint density at radius 3 is 2.50 bits per heavy atom. The molecule has 0 saturated carbocycles. The summed E-state index contributed by atoms with van der Waals surface area (Å²) in [6.07, 6.45) is 1.57. The Balaban J connectivity index is 2.14. The molecule has 1 fully saturated rings. The zero-order valence-electron chi connectivity index (χ0n) is 14.0. The van der Waals surface area contributed by atoms with Gasteiger partial charge in [0.25, 0.3) is 0 Å². The molecular weight excluding hydrogens is 322 g/mol. The third-order valence-corrected chi connectivity index (χ3v) is 5.01. The number of carbonyl (C=O) groups is 1. The summed E-state index contributed by atoms with van der Waals surface area (Å²) < 4.78 is 0. The Morgan fingerprint density at radius 1 is 1.21 bits per heavy atom. The molecule has 0 bridgehead atoms. The number of hydrogen-bond acceptors (Lipinski definition) is 2. The number of hydrogen-bond donors (Lipinski definition) is 1. The van der Waals surface area contributed by atoms with Crippen LogP contribution in [0.3, 0.4) is 0 Å². The highest BCUT2D eigenvalue weighted by Gasteiger charge is 2.37. The third-order valence-electron chi connectivity index (χ3n) is 4.67. The molecule has 0 amide bonds. The molecule has 1 heterocycles. The van der Waals surface area contributed by atoms with Gasteiger partial charge in [-0.1, -0.05) is 59.1 Å². The Morgan fingerprint density at radius 2 is 1.88 bits per heavy atom. The van der Waals surface area contributed by atoms with Crippen LogP contribution in [0.2, 0.25) is 5.02 Å². The second kappa shape index (κ2) is 6.96. The van der Waals surface area contributed by atoms with E-state index in [1.165, 1.54) is 11.1 Å². The van der Waals surface area contributed by atoms with Gasteiger partial charge in [0.05, 0.1) is 6.04 Å². The lowest BCUT2D eigenvalue weighted by Gasteiger charge is -2.33. The van der Waals surface area contributed by atoms with Crippen LogP contribution in [0.1, 0.15) is 41.1 Å². The predicted molar refractivity (Wildman–Crippen MR) is 96.6 cm³/mol. The highest BCUT2D eigenvalue weighted by atomic mass is 35.5. The molecule has 1 N–H and O–H groups in total. The first kappa shape index (κ1) is 17.0. The number of benzene rings is 2. The molecular formula is C20H22ClNO2. The molecule has 4 heteroatoms. The van der Waals surface area contributed by atoms with E-state index in [1.807, 2.05) is 24.3 Å². The first-order valence-electron chi connectivity index (χ1n) is 8.28. The van der Waals surface area contributed by atoms with Gasteiger partial charge in [-0.15, -0.1) is 0 Å². The van der Waals surface area contributed by atoms with Crippen molar-refractivity contribution in [2.24, 2.45) is 0 Å². The molecule has 1 saturated heterocycles. The van der Waals surface area contributed by atoms with Gasteiger partial charge in [-0.2, -0.15) is 0 Å². The van der Waals surface area contributed by atoms with Crippen molar-refractivity contribution in [3.05, 3.63) is 69.7 Å². The van der Waals surface area contributed by atoms with Crippen LogP contribution >= 0.6 is 11.6 Å². The van der Waals surface area contributed by atoms with Crippen molar-refractivity contribution < 1.29 is 9.90 Å². The van der Waals surface area contributed by atoms with Crippen LogP contribution in [-0.2, 0) is 4.79 Å². The van der Waals surface area contributed by atoms with Gasteiger partial charge in [0, 0.05) is 11.6 Å². The standard InChI is InChI=1S/C20H22ClNO2/c1-13-10-14(2)12-15(11-13)19(16-6-3-4-7-17(16)21)22-9-5-8-18(22)20(23)24/h3-4,6-7,10-12,18-19H,5,8-9H2,1-2H3,(H,23,24). The van der Waals surface area contributed by atoms with Crippen LogP contribution in [0.25, 0.3) is 0 Å². The van der Waals surface area contributed by atoms with E-state index >= 15 is 0 Å². The highest BCUT2D eigenvalue weighted by Crippen LogP contribution is 2.38. The van der Waals surface area contributed by atoms with Gasteiger partial charge in [-0.05, 0) is 43.9 Å². The maximum Gasteiger partial charge on any atom is 0.320 e. The van der Waals surface area contributed by atoms with Crippen LogP contribution in [0.5, 0.6) is 0 Å². The zero-order valence-corrected chi connectivity index (χ0v) is 14.8. The van der Waals surface area contributed by atoms with Crippen molar-refractivity contribution in [1.29, 1.82) is 0 Å². The summed E-state index contributed by atoms with van der Waals surface area (Å²) in [5.74, 6) is -0.756. The molecule has 126 valence electrons. The number of aryl methyl sites for hydroxylation is 2. The third kappa shape index (κ3) is 3.33. The molecule has 0 spiro atoms. The highest BCUT2D eigenvalue weighted by molar-refractivity contribution is 6.31. The van der Waals surface area contributed by atoms with E-state index in [0.29, 0.717) is 11.4 Å². The number of likely N-dealkylation sites (tertiary alicyclic amines) is 1. The number of halogens is 1. The topological polar surface area (TPSA) is 40.5 Å². The number of aliphatic carboxylic acids is 1. The van der Waals surface area contributed by atoms with E-state index < -0.39 is 12.0 Å². The van der Waals surface area contributed by atoms with Gasteiger partial charge < -0.3 is 5.11 Å². The van der Waals surface area contributed by atoms with Crippen molar-refractivity contribution in [1.82, 2.24) is 4.90 Å². The first-order chi connectivity index (χ1) is 11.5. The fourth-order valence-corrected chi connectivity index (χ4v) is 4.02. The molecule has 2 aromatic rings. The monoisotopic (exact) mass is 343 g/mol. The lowest BCUT2D eigenvalue weighted by molar-refractivity contribution is -0.142. The van der Waals surface area contributed by atoms with Gasteiger partial charge in [-0.25, -0.2) is 0 Å². The summed E-state index contributed by atoms with van der Waals surface area (Å²) >= 11 is 6.48. The van der Waals surface area contributed by atoms with E-state index in [4.69, 9.17) is 11.6 Å². The molecule has 2 aromatic carbocycles. The average molecular weight is 344 g/mol. The summed E-state index contributed by atoms with van der Waals surface area (Å²) in [6, 6.07) is 13.5. The van der Waals surface area contributed by atoms with E-state index in [9.17, 15) is 9.90 Å². The lowest BCUT2D eigenvalue weighted by Crippen LogP contribution is -2.39. The maximum atomic E-state index is 11.7. The summed E-state index contributed by atoms with van der Waals surface area (Å²) in [4.78, 5) is 13.8. The largest absolute Gasteiger partial charge is 0.480 e. The summed E-state index contributed by atoms with van der Waals surface area (Å²) in [7, 11) is 0. The van der Waals surface area contributed by atoms with E-state index in [1.54, 1.807) is 0 Å². The van der Waals surface area contributed by atoms with Gasteiger partial charge in [0.2, 0.25) is 0 Å². The molecule has 24 heavy (non-hydrogen) atoms. The Kier molecular flexibility index (Phi) is 4.93. The van der Waals surface area contributed by atoms with Crippen LogP contribution < -0.4 is 0 Å². The Hall–Kier alpha value is -1.84. The fourth-order valence-electron chi connectivity index (χ4n) is 3.78. The molecule has 0 radical (unpaired) electrons. The van der Waals surface area contributed by atoms with Crippen LogP contribution in [0.4, 0.5) is 0 Å². The number of nitrogens with zero attached hydrogens (tertiary/aromatic N) is 1. The predicted octanol–water partition coefficient (Wildman–Crippen LogP) is 4.60. The normalized spacial score (nSPS) is 19.4. The van der Waals surface area contributed by atoms with Crippen molar-refractivity contribution >= 4 is 17.6 Å². The summed E-state index contributed by atoms with van der Waals surface area (Å²) in [5.41, 5.74) is 4.42. The zero-order chi connectivity index (χ0) is 17.3. The quantitative estimate of drug-likeness (QED) is 0.882. The molecule has 3 rings (SSSR count). The second-order valence-electron chi connectivity index (χ2n) is 6.58. The van der Waals surface area contributed by atoms with Gasteiger partial charge in [0.1, 0.15) is 6.04 Å². The van der Waals surface area contributed by atoms with E-state index in [0.717, 1.165) is 24.1 Å². The number of carboxylic acids is 1. The number of carboxylic acid groups (broad SMARTS) is 1. The van der Waals surface area contributed by atoms with Crippen molar-refractivity contribution in [3.8, 4) is 0 Å². The number of rotatable bonds is 4. The lowest BCUT2D eigenvalue weighted by atomic mass is 9.93. The molecule has 1 aliphatic rings. The molecule has 0 aliphatic carbocycles. The molecule has 0 aromatic heterocycles. The van der Waals surface area contributed by atoms with Crippen LogP contribution in [0, 0.1) is 13.8 Å². The van der Waals surface area contributed by atoms with E-state index in [-0.39, 0.29) is 6.04 Å². The summed E-state index contributed by atoms with van der Waals surface area (Å²) in [6.45, 7) is 4.90. The maximum absolute atomic E-state index is 11.7. The van der Waals surface area contributed by atoms with Crippen LogP contribution in [0.15, 0.2) is 42.5 Å². The van der Waals surface area contributed by atoms with E-state index in [2.05, 4.69) is 36.9 Å². The minimum atomic E-state index is -0.756. The van der Waals surface area contributed by atoms with Crippen LogP contribution in [-0.4, -0.2) is 28.6 Å². The Labute approximate surface area is 147 Å². The molecule has 1 aliphatic heterocycles.